The average Bonchev–Trinajstić information content (AvgIpc) is 3.60. The van der Waals surface area contributed by atoms with Gasteiger partial charge in [-0.25, -0.2) is 8.42 Å². The molecule has 1 unspecified atom stereocenters. The highest BCUT2D eigenvalue weighted by molar-refractivity contribution is 7.89. The summed E-state index contributed by atoms with van der Waals surface area (Å²) in [5.41, 5.74) is 1.33. The van der Waals surface area contributed by atoms with Crippen molar-refractivity contribution in [2.45, 2.75) is 51.0 Å². The molecule has 34 heavy (non-hydrogen) atoms. The van der Waals surface area contributed by atoms with Crippen LogP contribution < -0.4 is 10.2 Å². The summed E-state index contributed by atoms with van der Waals surface area (Å²) in [5, 5.41) is 3.01. The van der Waals surface area contributed by atoms with Crippen molar-refractivity contribution in [1.82, 2.24) is 14.1 Å². The van der Waals surface area contributed by atoms with Crippen LogP contribution in [0, 0.1) is 5.92 Å². The number of nitrogens with one attached hydrogen (secondary N) is 1. The predicted octanol–water partition coefficient (Wildman–Crippen LogP) is 1.81. The Bertz CT molecular complexity index is 1010. The summed E-state index contributed by atoms with van der Waals surface area (Å²) in [6, 6.07) is 5.32. The Labute approximate surface area is 203 Å². The fourth-order valence-electron chi connectivity index (χ4n) is 4.95. The van der Waals surface area contributed by atoms with Gasteiger partial charge >= 0.3 is 0 Å². The molecule has 1 saturated carbocycles. The predicted molar refractivity (Wildman–Crippen MR) is 132 cm³/mol. The molecule has 1 atom stereocenters. The number of amides is 2. The van der Waals surface area contributed by atoms with Crippen molar-refractivity contribution in [2.75, 3.05) is 62.6 Å². The largest absolute Gasteiger partial charge is 0.367 e. The number of hydrogen-bond donors (Lipinski definition) is 1. The molecule has 0 spiro atoms. The Morgan fingerprint density at radius 1 is 1.09 bits per heavy atom. The molecule has 2 amide bonds. The lowest BCUT2D eigenvalue weighted by molar-refractivity contribution is -0.128. The third-order valence-corrected chi connectivity index (χ3v) is 9.29. The van der Waals surface area contributed by atoms with Gasteiger partial charge in [-0.2, -0.15) is 4.31 Å². The third kappa shape index (κ3) is 5.08. The number of piperazine rings is 1. The van der Waals surface area contributed by atoms with Gasteiger partial charge in [0.2, 0.25) is 21.8 Å². The fraction of sp³-hybridized carbons (Fsp3) is 0.667. The number of carbonyl (C=O) groups excluding carboxylic acids is 2. The van der Waals surface area contributed by atoms with E-state index < -0.39 is 15.9 Å². The van der Waals surface area contributed by atoms with Crippen LogP contribution in [0.2, 0.25) is 0 Å². The Hall–Kier alpha value is -2.17. The van der Waals surface area contributed by atoms with E-state index in [0.717, 1.165) is 51.3 Å². The number of nitrogens with zero attached hydrogens (tertiary/aromatic N) is 4. The maximum atomic E-state index is 13.2. The molecule has 188 valence electrons. The lowest BCUT2D eigenvalue weighted by atomic mass is 10.1. The molecule has 0 radical (unpaired) electrons. The number of anilines is 2. The van der Waals surface area contributed by atoms with E-state index in [-0.39, 0.29) is 23.1 Å². The van der Waals surface area contributed by atoms with Crippen molar-refractivity contribution in [3.63, 3.8) is 0 Å². The molecular weight excluding hydrogens is 454 g/mol. The highest BCUT2D eigenvalue weighted by Crippen LogP contribution is 2.35. The summed E-state index contributed by atoms with van der Waals surface area (Å²) in [6.45, 7) is 11.4. The summed E-state index contributed by atoms with van der Waals surface area (Å²) in [7, 11) is -3.67. The Morgan fingerprint density at radius 3 is 2.35 bits per heavy atom. The molecule has 0 aromatic heterocycles. The number of hydrogen-bond acceptors (Lipinski definition) is 6. The van der Waals surface area contributed by atoms with Crippen LogP contribution in [-0.4, -0.2) is 92.7 Å². The van der Waals surface area contributed by atoms with Crippen molar-refractivity contribution in [3.8, 4) is 0 Å². The van der Waals surface area contributed by atoms with Crippen molar-refractivity contribution in [2.24, 2.45) is 5.92 Å². The Balaban J connectivity index is 1.60. The highest BCUT2D eigenvalue weighted by Gasteiger charge is 2.42. The first-order chi connectivity index (χ1) is 16.3. The van der Waals surface area contributed by atoms with Gasteiger partial charge < -0.3 is 20.0 Å². The number of likely N-dealkylation sites (N-methyl/N-ethyl adjacent to an activating group) is 1. The zero-order chi connectivity index (χ0) is 24.5. The molecule has 9 nitrogen and oxygen atoms in total. The molecule has 3 fully saturated rings. The topological polar surface area (TPSA) is 93.3 Å². The summed E-state index contributed by atoms with van der Waals surface area (Å²) in [6.07, 6.45) is 2.24. The van der Waals surface area contributed by atoms with Crippen LogP contribution in [0.4, 0.5) is 11.4 Å². The minimum atomic E-state index is -3.67. The molecule has 2 heterocycles. The van der Waals surface area contributed by atoms with E-state index in [4.69, 9.17) is 0 Å². The van der Waals surface area contributed by atoms with E-state index >= 15 is 0 Å². The van der Waals surface area contributed by atoms with Crippen LogP contribution in [0.25, 0.3) is 0 Å². The number of carbonyl (C=O) groups is 2. The van der Waals surface area contributed by atoms with Gasteiger partial charge in [-0.3, -0.25) is 9.59 Å². The second-order valence-electron chi connectivity index (χ2n) is 9.36. The molecular formula is C24H37N5O4S. The number of rotatable bonds is 9. The molecule has 1 N–H and O–H groups in total. The third-order valence-electron chi connectivity index (χ3n) is 7.25. The van der Waals surface area contributed by atoms with E-state index in [1.807, 2.05) is 24.8 Å². The SMILES string of the molecule is CCN1CCN(c2ccc(S(=O)(=O)N(CC)CC)cc2NC(=O)C2CC(=O)N(C3CC3)C2)CC1. The quantitative estimate of drug-likeness (QED) is 0.566. The number of sulfonamides is 1. The van der Waals surface area contributed by atoms with Crippen LogP contribution in [0.1, 0.15) is 40.0 Å². The van der Waals surface area contributed by atoms with E-state index in [9.17, 15) is 18.0 Å². The summed E-state index contributed by atoms with van der Waals surface area (Å²) in [4.78, 5) is 32.2. The first-order valence-corrected chi connectivity index (χ1v) is 13.9. The molecule has 10 heteroatoms. The van der Waals surface area contributed by atoms with Crippen LogP contribution in [0.3, 0.4) is 0 Å². The first-order valence-electron chi connectivity index (χ1n) is 12.5. The molecule has 0 bridgehead atoms. The zero-order valence-corrected chi connectivity index (χ0v) is 21.3. The summed E-state index contributed by atoms with van der Waals surface area (Å²) in [5.74, 6) is -0.598. The normalized spacial score (nSPS) is 22.0. The van der Waals surface area contributed by atoms with Gasteiger partial charge in [-0.15, -0.1) is 0 Å². The maximum Gasteiger partial charge on any atom is 0.243 e. The molecule has 2 aliphatic heterocycles. The highest BCUT2D eigenvalue weighted by atomic mass is 32.2. The van der Waals surface area contributed by atoms with Gasteiger partial charge in [0, 0.05) is 58.3 Å². The minimum absolute atomic E-state index is 0.0384. The van der Waals surface area contributed by atoms with Crippen LogP contribution in [-0.2, 0) is 19.6 Å². The van der Waals surface area contributed by atoms with E-state index in [1.54, 1.807) is 12.1 Å². The van der Waals surface area contributed by atoms with Gasteiger partial charge in [-0.05, 0) is 37.6 Å². The summed E-state index contributed by atoms with van der Waals surface area (Å²) >= 11 is 0. The van der Waals surface area contributed by atoms with Crippen molar-refractivity contribution >= 4 is 33.2 Å². The van der Waals surface area contributed by atoms with Gasteiger partial charge in [0.25, 0.3) is 0 Å². The fourth-order valence-corrected chi connectivity index (χ4v) is 6.44. The van der Waals surface area contributed by atoms with Gasteiger partial charge in [0.15, 0.2) is 0 Å². The minimum Gasteiger partial charge on any atom is -0.367 e. The zero-order valence-electron chi connectivity index (χ0n) is 20.5. The van der Waals surface area contributed by atoms with E-state index in [0.29, 0.717) is 31.4 Å². The van der Waals surface area contributed by atoms with E-state index in [1.165, 1.54) is 4.31 Å². The monoisotopic (exact) mass is 491 g/mol. The van der Waals surface area contributed by atoms with Crippen LogP contribution in [0.15, 0.2) is 23.1 Å². The molecule has 1 aromatic carbocycles. The Kier molecular flexibility index (Phi) is 7.49. The smallest absolute Gasteiger partial charge is 0.243 e. The number of likely N-dealkylation sites (tertiary alicyclic amines) is 1. The average molecular weight is 492 g/mol. The van der Waals surface area contributed by atoms with Crippen molar-refractivity contribution in [3.05, 3.63) is 18.2 Å². The lowest BCUT2D eigenvalue weighted by Crippen LogP contribution is -2.46. The second-order valence-corrected chi connectivity index (χ2v) is 11.3. The van der Waals surface area contributed by atoms with Crippen LogP contribution in [0.5, 0.6) is 0 Å². The van der Waals surface area contributed by atoms with Gasteiger partial charge in [0.05, 0.1) is 22.2 Å². The standard InChI is InChI=1S/C24H37N5O4S/c1-4-26-11-13-27(14-12-26)22-10-9-20(34(32,33)28(5-2)6-3)16-21(22)25-24(31)18-15-23(30)29(17-18)19-7-8-19/h9-10,16,18-19H,4-8,11-15,17H2,1-3H3,(H,25,31). The molecule has 2 saturated heterocycles. The first kappa shape index (κ1) is 24.9. The van der Waals surface area contributed by atoms with Gasteiger partial charge in [-0.1, -0.05) is 20.8 Å². The van der Waals surface area contributed by atoms with E-state index in [2.05, 4.69) is 22.0 Å². The van der Waals surface area contributed by atoms with Gasteiger partial charge in [0.1, 0.15) is 0 Å². The molecule has 4 rings (SSSR count). The molecule has 1 aliphatic carbocycles. The number of benzene rings is 1. The second kappa shape index (κ2) is 10.2. The molecule has 1 aromatic rings. The summed E-state index contributed by atoms with van der Waals surface area (Å²) < 4.78 is 27.7. The maximum absolute atomic E-state index is 13.2. The van der Waals surface area contributed by atoms with Crippen LogP contribution >= 0.6 is 0 Å². The van der Waals surface area contributed by atoms with Crippen molar-refractivity contribution in [1.29, 1.82) is 0 Å². The molecule has 3 aliphatic rings. The van der Waals surface area contributed by atoms with Crippen molar-refractivity contribution < 1.29 is 18.0 Å². The Morgan fingerprint density at radius 2 is 1.76 bits per heavy atom. The lowest BCUT2D eigenvalue weighted by Gasteiger charge is -2.36.